The largest absolute Gasteiger partial charge is 0.241 e. The predicted octanol–water partition coefficient (Wildman–Crippen LogP) is 3.85. The highest BCUT2D eigenvalue weighted by Gasteiger charge is 2.01. The maximum absolute atomic E-state index is 5.96. The lowest BCUT2D eigenvalue weighted by Crippen LogP contribution is -1.83. The molecule has 66 valence electrons. The van der Waals surface area contributed by atoms with Crippen molar-refractivity contribution in [3.8, 4) is 0 Å². The Morgan fingerprint density at radius 2 is 1.92 bits per heavy atom. The van der Waals surface area contributed by atoms with E-state index in [1.807, 2.05) is 31.2 Å². The van der Waals surface area contributed by atoms with Crippen LogP contribution in [0.1, 0.15) is 5.69 Å². The van der Waals surface area contributed by atoms with Crippen LogP contribution in [0.5, 0.6) is 0 Å². The summed E-state index contributed by atoms with van der Waals surface area (Å²) in [5.41, 5.74) is 0.917. The van der Waals surface area contributed by atoms with Crippen molar-refractivity contribution >= 4 is 34.0 Å². The van der Waals surface area contributed by atoms with Gasteiger partial charge in [-0.15, -0.1) is 0 Å². The van der Waals surface area contributed by atoms with Crippen LogP contribution in [-0.2, 0) is 0 Å². The van der Waals surface area contributed by atoms with E-state index in [2.05, 4.69) is 4.98 Å². The second kappa shape index (κ2) is 3.17. The summed E-state index contributed by atoms with van der Waals surface area (Å²) in [4.78, 5) is 4.15. The summed E-state index contributed by atoms with van der Waals surface area (Å²) in [5, 5.41) is 3.17. The second-order valence-electron chi connectivity index (χ2n) is 2.92. The van der Waals surface area contributed by atoms with Crippen molar-refractivity contribution in [1.82, 2.24) is 4.98 Å². The number of fused-ring (bicyclic) bond motifs is 1. The monoisotopic (exact) mass is 211 g/mol. The number of aryl methyl sites for hydroxylation is 1. The fraction of sp³-hybridized carbons (Fsp3) is 0.100. The maximum atomic E-state index is 5.96. The van der Waals surface area contributed by atoms with E-state index < -0.39 is 0 Å². The van der Waals surface area contributed by atoms with Gasteiger partial charge in [0.25, 0.3) is 0 Å². The van der Waals surface area contributed by atoms with Gasteiger partial charge in [0.2, 0.25) is 0 Å². The van der Waals surface area contributed by atoms with E-state index in [1.54, 1.807) is 0 Å². The lowest BCUT2D eigenvalue weighted by Gasteiger charge is -2.01. The van der Waals surface area contributed by atoms with Gasteiger partial charge in [0.15, 0.2) is 0 Å². The Labute approximate surface area is 86.3 Å². The average molecular weight is 212 g/mol. The molecule has 0 fully saturated rings. The summed E-state index contributed by atoms with van der Waals surface area (Å²) >= 11 is 11.8. The van der Waals surface area contributed by atoms with Crippen molar-refractivity contribution in [2.75, 3.05) is 0 Å². The van der Waals surface area contributed by atoms with Crippen LogP contribution in [0.3, 0.4) is 0 Å². The van der Waals surface area contributed by atoms with Gasteiger partial charge >= 0.3 is 0 Å². The minimum Gasteiger partial charge on any atom is -0.241 e. The van der Waals surface area contributed by atoms with Gasteiger partial charge in [0, 0.05) is 16.1 Å². The smallest absolute Gasteiger partial charge is 0.137 e. The van der Waals surface area contributed by atoms with Gasteiger partial charge < -0.3 is 0 Å². The van der Waals surface area contributed by atoms with Crippen molar-refractivity contribution in [2.45, 2.75) is 6.92 Å². The van der Waals surface area contributed by atoms with E-state index in [1.165, 1.54) is 0 Å². The van der Waals surface area contributed by atoms with Gasteiger partial charge in [0.05, 0.1) is 0 Å². The summed E-state index contributed by atoms with van der Waals surface area (Å²) < 4.78 is 0. The van der Waals surface area contributed by atoms with E-state index in [-0.39, 0.29) is 0 Å². The van der Waals surface area contributed by atoms with Gasteiger partial charge in [-0.1, -0.05) is 29.3 Å². The Kier molecular flexibility index (Phi) is 2.14. The first-order valence-corrected chi connectivity index (χ1v) is 4.65. The predicted molar refractivity (Wildman–Crippen MR) is 56.5 cm³/mol. The standard InChI is InChI=1S/C10H7Cl2N/c1-6-4-7-2-3-8(11)5-9(7)10(12)13-6/h2-5H,1H3. The Bertz CT molecular complexity index is 466. The molecule has 0 amide bonds. The Morgan fingerprint density at radius 3 is 2.69 bits per heavy atom. The summed E-state index contributed by atoms with van der Waals surface area (Å²) in [6, 6.07) is 7.60. The number of nitrogens with zero attached hydrogens (tertiary/aromatic N) is 1. The van der Waals surface area contributed by atoms with Crippen LogP contribution in [-0.4, -0.2) is 4.98 Å². The van der Waals surface area contributed by atoms with Gasteiger partial charge in [-0.2, -0.15) is 0 Å². The van der Waals surface area contributed by atoms with Crippen LogP contribution in [0, 0.1) is 6.92 Å². The third kappa shape index (κ3) is 1.62. The number of hydrogen-bond donors (Lipinski definition) is 0. The Hall–Kier alpha value is -0.790. The molecule has 1 aromatic carbocycles. The summed E-state index contributed by atoms with van der Waals surface area (Å²) in [5.74, 6) is 0. The molecule has 0 N–H and O–H groups in total. The van der Waals surface area contributed by atoms with Crippen LogP contribution < -0.4 is 0 Å². The van der Waals surface area contributed by atoms with E-state index in [9.17, 15) is 0 Å². The molecule has 0 atom stereocenters. The minimum absolute atomic E-state index is 0.512. The first kappa shape index (κ1) is 8.79. The number of pyridine rings is 1. The summed E-state index contributed by atoms with van der Waals surface area (Å²) in [6.07, 6.45) is 0. The van der Waals surface area contributed by atoms with Gasteiger partial charge in [0.1, 0.15) is 5.15 Å². The molecule has 0 aliphatic carbocycles. The van der Waals surface area contributed by atoms with Crippen molar-refractivity contribution in [1.29, 1.82) is 0 Å². The molecule has 0 spiro atoms. The molecule has 13 heavy (non-hydrogen) atoms. The molecule has 0 aliphatic heterocycles. The lowest BCUT2D eigenvalue weighted by atomic mass is 10.1. The molecule has 1 aromatic heterocycles. The van der Waals surface area contributed by atoms with Crippen LogP contribution in [0.2, 0.25) is 10.2 Å². The van der Waals surface area contributed by atoms with E-state index in [0.29, 0.717) is 10.2 Å². The molecule has 0 aliphatic rings. The SMILES string of the molecule is Cc1cc2ccc(Cl)cc2c(Cl)n1. The number of aromatic nitrogens is 1. The van der Waals surface area contributed by atoms with Crippen molar-refractivity contribution < 1.29 is 0 Å². The Balaban J connectivity index is 2.87. The fourth-order valence-electron chi connectivity index (χ4n) is 1.31. The van der Waals surface area contributed by atoms with Crippen molar-refractivity contribution in [3.63, 3.8) is 0 Å². The summed E-state index contributed by atoms with van der Waals surface area (Å²) in [7, 11) is 0. The second-order valence-corrected chi connectivity index (χ2v) is 3.71. The molecule has 2 rings (SSSR count). The third-order valence-corrected chi connectivity index (χ3v) is 2.40. The van der Waals surface area contributed by atoms with Crippen molar-refractivity contribution in [3.05, 3.63) is 40.1 Å². The quantitative estimate of drug-likeness (QED) is 0.604. The first-order valence-electron chi connectivity index (χ1n) is 3.89. The van der Waals surface area contributed by atoms with Crippen LogP contribution in [0.25, 0.3) is 10.8 Å². The minimum atomic E-state index is 0.512. The first-order chi connectivity index (χ1) is 6.16. The normalized spacial score (nSPS) is 10.7. The molecular weight excluding hydrogens is 205 g/mol. The average Bonchev–Trinajstić information content (AvgIpc) is 2.06. The molecule has 1 nitrogen and oxygen atoms in total. The lowest BCUT2D eigenvalue weighted by molar-refractivity contribution is 1.22. The van der Waals surface area contributed by atoms with E-state index >= 15 is 0 Å². The Morgan fingerprint density at radius 1 is 1.15 bits per heavy atom. The van der Waals surface area contributed by atoms with Crippen molar-refractivity contribution in [2.24, 2.45) is 0 Å². The van der Waals surface area contributed by atoms with E-state index in [4.69, 9.17) is 23.2 Å². The maximum Gasteiger partial charge on any atom is 0.137 e. The zero-order chi connectivity index (χ0) is 9.42. The topological polar surface area (TPSA) is 12.9 Å². The highest BCUT2D eigenvalue weighted by molar-refractivity contribution is 6.35. The molecule has 0 saturated carbocycles. The molecule has 3 heteroatoms. The van der Waals surface area contributed by atoms with Gasteiger partial charge in [-0.05, 0) is 30.5 Å². The zero-order valence-corrected chi connectivity index (χ0v) is 8.52. The van der Waals surface area contributed by atoms with Crippen LogP contribution >= 0.6 is 23.2 Å². The number of halogens is 2. The zero-order valence-electron chi connectivity index (χ0n) is 7.01. The molecule has 0 bridgehead atoms. The molecule has 0 unspecified atom stereocenters. The summed E-state index contributed by atoms with van der Waals surface area (Å²) in [6.45, 7) is 1.92. The molecule has 1 heterocycles. The highest BCUT2D eigenvalue weighted by Crippen LogP contribution is 2.25. The van der Waals surface area contributed by atoms with E-state index in [0.717, 1.165) is 16.5 Å². The molecule has 0 saturated heterocycles. The number of rotatable bonds is 0. The number of benzene rings is 1. The fourth-order valence-corrected chi connectivity index (χ4v) is 1.77. The molecular formula is C10H7Cl2N. The van der Waals surface area contributed by atoms with Crippen LogP contribution in [0.4, 0.5) is 0 Å². The third-order valence-electron chi connectivity index (χ3n) is 1.88. The molecule has 2 aromatic rings. The van der Waals surface area contributed by atoms with Gasteiger partial charge in [-0.3, -0.25) is 0 Å². The molecule has 0 radical (unpaired) electrons. The van der Waals surface area contributed by atoms with Crippen LogP contribution in [0.15, 0.2) is 24.3 Å². The highest BCUT2D eigenvalue weighted by atomic mass is 35.5. The van der Waals surface area contributed by atoms with Gasteiger partial charge in [-0.25, -0.2) is 4.98 Å². The number of hydrogen-bond acceptors (Lipinski definition) is 1.